The number of ether oxygens (including phenoxy) is 1. The van der Waals surface area contributed by atoms with E-state index >= 15 is 0 Å². The molecule has 0 radical (unpaired) electrons. The zero-order valence-electron chi connectivity index (χ0n) is 12.2. The highest BCUT2D eigenvalue weighted by Gasteiger charge is 2.44. The average Bonchev–Trinajstić information content (AvgIpc) is 2.53. The van der Waals surface area contributed by atoms with Crippen LogP contribution in [0.3, 0.4) is 0 Å². The molecule has 1 saturated heterocycles. The number of benzene rings is 1. The van der Waals surface area contributed by atoms with Crippen molar-refractivity contribution in [2.24, 2.45) is 0 Å². The Hall–Kier alpha value is -1.81. The molecule has 1 fully saturated rings. The molecule has 1 aliphatic heterocycles. The highest BCUT2D eigenvalue weighted by Crippen LogP contribution is 2.23. The van der Waals surface area contributed by atoms with Gasteiger partial charge in [-0.15, -0.1) is 0 Å². The van der Waals surface area contributed by atoms with Gasteiger partial charge in [0.25, 0.3) is 0 Å². The molecule has 2 rings (SSSR count). The van der Waals surface area contributed by atoms with Gasteiger partial charge in [0, 0.05) is 26.2 Å². The van der Waals surface area contributed by atoms with Crippen LogP contribution < -0.4 is 4.74 Å². The molecule has 0 saturated carbocycles. The molecule has 0 aliphatic carbocycles. The third kappa shape index (κ3) is 3.75. The molecular formula is C13H15F3N2O4S. The maximum Gasteiger partial charge on any atom is 0.471 e. The Morgan fingerprint density at radius 2 is 1.61 bits per heavy atom. The quantitative estimate of drug-likeness (QED) is 0.817. The lowest BCUT2D eigenvalue weighted by Crippen LogP contribution is -2.53. The summed E-state index contributed by atoms with van der Waals surface area (Å²) in [5.41, 5.74) is 0. The van der Waals surface area contributed by atoms with Crippen LogP contribution in [0.2, 0.25) is 0 Å². The first kappa shape index (κ1) is 17.5. The number of carbonyl (C=O) groups excluding carboxylic acids is 1. The third-order valence-corrected chi connectivity index (χ3v) is 5.38. The van der Waals surface area contributed by atoms with E-state index in [-0.39, 0.29) is 31.1 Å². The Kier molecular flexibility index (Phi) is 4.85. The monoisotopic (exact) mass is 352 g/mol. The normalized spacial score (nSPS) is 17.1. The van der Waals surface area contributed by atoms with Crippen LogP contribution in [-0.4, -0.2) is 63.0 Å². The van der Waals surface area contributed by atoms with Crippen LogP contribution >= 0.6 is 0 Å². The maximum absolute atomic E-state index is 12.4. The summed E-state index contributed by atoms with van der Waals surface area (Å²) >= 11 is 0. The molecule has 0 spiro atoms. The van der Waals surface area contributed by atoms with Gasteiger partial charge in [0.05, 0.1) is 12.0 Å². The van der Waals surface area contributed by atoms with Crippen molar-refractivity contribution < 1.29 is 31.1 Å². The van der Waals surface area contributed by atoms with Gasteiger partial charge in [-0.3, -0.25) is 4.79 Å². The minimum absolute atomic E-state index is 0.0221. The van der Waals surface area contributed by atoms with Crippen LogP contribution in [0.15, 0.2) is 29.2 Å². The van der Waals surface area contributed by atoms with Crippen molar-refractivity contribution in [2.75, 3.05) is 33.3 Å². The molecule has 1 heterocycles. The largest absolute Gasteiger partial charge is 0.497 e. The standard InChI is InChI=1S/C13H15F3N2O4S/c1-22-10-2-4-11(5-3-10)23(20,21)18-8-6-17(7-9-18)12(19)13(14,15)16/h2-5H,6-9H2,1H3. The Morgan fingerprint density at radius 1 is 1.09 bits per heavy atom. The Morgan fingerprint density at radius 3 is 2.04 bits per heavy atom. The summed E-state index contributed by atoms with van der Waals surface area (Å²) in [6.45, 7) is -0.964. The smallest absolute Gasteiger partial charge is 0.471 e. The van der Waals surface area contributed by atoms with Crippen LogP contribution in [0.25, 0.3) is 0 Å². The van der Waals surface area contributed by atoms with E-state index in [9.17, 15) is 26.4 Å². The SMILES string of the molecule is COc1ccc(S(=O)(=O)N2CCN(C(=O)C(F)(F)F)CC2)cc1. The first-order chi connectivity index (χ1) is 10.7. The van der Waals surface area contributed by atoms with E-state index in [0.717, 1.165) is 4.31 Å². The maximum atomic E-state index is 12.4. The highest BCUT2D eigenvalue weighted by atomic mass is 32.2. The number of sulfonamides is 1. The number of alkyl halides is 3. The van der Waals surface area contributed by atoms with Crippen molar-refractivity contribution in [3.63, 3.8) is 0 Å². The van der Waals surface area contributed by atoms with Gasteiger partial charge in [-0.05, 0) is 24.3 Å². The molecule has 10 heteroatoms. The minimum Gasteiger partial charge on any atom is -0.497 e. The summed E-state index contributed by atoms with van der Waals surface area (Å²) in [7, 11) is -2.37. The van der Waals surface area contributed by atoms with E-state index in [4.69, 9.17) is 4.74 Å². The fourth-order valence-corrected chi connectivity index (χ4v) is 3.63. The van der Waals surface area contributed by atoms with Crippen molar-refractivity contribution in [3.8, 4) is 5.75 Å². The molecular weight excluding hydrogens is 337 g/mol. The molecule has 0 unspecified atom stereocenters. The van der Waals surface area contributed by atoms with Crippen LogP contribution in [0.4, 0.5) is 13.2 Å². The lowest BCUT2D eigenvalue weighted by molar-refractivity contribution is -0.186. The number of carbonyl (C=O) groups is 1. The lowest BCUT2D eigenvalue weighted by atomic mass is 10.3. The zero-order chi connectivity index (χ0) is 17.3. The van der Waals surface area contributed by atoms with Crippen molar-refractivity contribution in [2.45, 2.75) is 11.1 Å². The zero-order valence-corrected chi connectivity index (χ0v) is 13.0. The van der Waals surface area contributed by atoms with Crippen molar-refractivity contribution in [1.82, 2.24) is 9.21 Å². The molecule has 1 amide bonds. The fraction of sp³-hybridized carbons (Fsp3) is 0.462. The van der Waals surface area contributed by atoms with Crippen molar-refractivity contribution in [3.05, 3.63) is 24.3 Å². The fourth-order valence-electron chi connectivity index (χ4n) is 2.21. The summed E-state index contributed by atoms with van der Waals surface area (Å²) in [5, 5.41) is 0. The van der Waals surface area contributed by atoms with E-state index in [1.807, 2.05) is 0 Å². The van der Waals surface area contributed by atoms with Gasteiger partial charge in [0.1, 0.15) is 5.75 Å². The number of rotatable bonds is 3. The van der Waals surface area contributed by atoms with E-state index in [1.165, 1.54) is 31.4 Å². The molecule has 6 nitrogen and oxygen atoms in total. The molecule has 23 heavy (non-hydrogen) atoms. The van der Waals surface area contributed by atoms with Crippen molar-refractivity contribution in [1.29, 1.82) is 0 Å². The Balaban J connectivity index is 2.07. The summed E-state index contributed by atoms with van der Waals surface area (Å²) in [6.07, 6.45) is -4.95. The number of hydrogen-bond acceptors (Lipinski definition) is 4. The molecule has 128 valence electrons. The number of amides is 1. The van der Waals surface area contributed by atoms with Gasteiger partial charge in [-0.2, -0.15) is 17.5 Å². The number of piperazine rings is 1. The Bertz CT molecular complexity index is 665. The van der Waals surface area contributed by atoms with Crippen LogP contribution in [0.5, 0.6) is 5.75 Å². The van der Waals surface area contributed by atoms with Crippen molar-refractivity contribution >= 4 is 15.9 Å². The summed E-state index contributed by atoms with van der Waals surface area (Å²) in [6, 6.07) is 5.69. The van der Waals surface area contributed by atoms with E-state index in [1.54, 1.807) is 0 Å². The second-order valence-corrected chi connectivity index (χ2v) is 6.81. The van der Waals surface area contributed by atoms with Crippen LogP contribution in [0, 0.1) is 0 Å². The summed E-state index contributed by atoms with van der Waals surface area (Å²) < 4.78 is 67.9. The molecule has 1 aliphatic rings. The van der Waals surface area contributed by atoms with Gasteiger partial charge >= 0.3 is 12.1 Å². The van der Waals surface area contributed by atoms with Gasteiger partial charge in [0.2, 0.25) is 10.0 Å². The topological polar surface area (TPSA) is 66.9 Å². The number of methoxy groups -OCH3 is 1. The lowest BCUT2D eigenvalue weighted by Gasteiger charge is -2.34. The molecule has 0 atom stereocenters. The predicted octanol–water partition coefficient (Wildman–Crippen LogP) is 1.09. The van der Waals surface area contributed by atoms with E-state index in [2.05, 4.69) is 0 Å². The summed E-state index contributed by atoms with van der Waals surface area (Å²) in [4.78, 5) is 11.8. The number of nitrogens with zero attached hydrogens (tertiary/aromatic N) is 2. The highest BCUT2D eigenvalue weighted by molar-refractivity contribution is 7.89. The van der Waals surface area contributed by atoms with Gasteiger partial charge in [-0.1, -0.05) is 0 Å². The molecule has 0 N–H and O–H groups in total. The molecule has 0 aromatic heterocycles. The second kappa shape index (κ2) is 6.36. The third-order valence-electron chi connectivity index (χ3n) is 3.47. The van der Waals surface area contributed by atoms with E-state index < -0.39 is 22.1 Å². The number of halogens is 3. The minimum atomic E-state index is -4.95. The first-order valence-corrected chi connectivity index (χ1v) is 8.10. The van der Waals surface area contributed by atoms with Crippen LogP contribution in [0.1, 0.15) is 0 Å². The van der Waals surface area contributed by atoms with Gasteiger partial charge in [0.15, 0.2) is 0 Å². The predicted molar refractivity (Wildman–Crippen MR) is 74.4 cm³/mol. The summed E-state index contributed by atoms with van der Waals surface area (Å²) in [5.74, 6) is -1.46. The Labute approximate surface area is 131 Å². The molecule has 0 bridgehead atoms. The van der Waals surface area contributed by atoms with Crippen LogP contribution in [-0.2, 0) is 14.8 Å². The molecule has 1 aromatic rings. The number of hydrogen-bond donors (Lipinski definition) is 0. The first-order valence-electron chi connectivity index (χ1n) is 6.66. The molecule has 1 aromatic carbocycles. The second-order valence-electron chi connectivity index (χ2n) is 4.87. The average molecular weight is 352 g/mol. The van der Waals surface area contributed by atoms with E-state index in [0.29, 0.717) is 10.6 Å². The van der Waals surface area contributed by atoms with Gasteiger partial charge in [-0.25, -0.2) is 8.42 Å². The van der Waals surface area contributed by atoms with Gasteiger partial charge < -0.3 is 9.64 Å².